The van der Waals surface area contributed by atoms with Gasteiger partial charge in [-0.05, 0) is 60.4 Å². The van der Waals surface area contributed by atoms with Gasteiger partial charge in [-0.3, -0.25) is 24.1 Å². The Bertz CT molecular complexity index is 1850. The van der Waals surface area contributed by atoms with Gasteiger partial charge in [0.25, 0.3) is 0 Å². The molecule has 0 bridgehead atoms. The lowest BCUT2D eigenvalue weighted by molar-refractivity contribution is -0.282. The highest BCUT2D eigenvalue weighted by molar-refractivity contribution is 5.91. The normalized spacial score (nSPS) is 23.8. The van der Waals surface area contributed by atoms with Crippen LogP contribution in [-0.2, 0) is 63.6 Å². The molecular formula is C39H40FNO14. The highest BCUT2D eigenvalue weighted by Gasteiger charge is 2.56. The average molecular weight is 766 g/mol. The second-order valence-electron chi connectivity index (χ2n) is 12.7. The maximum atomic E-state index is 14.0. The maximum absolute atomic E-state index is 14.0. The Balaban J connectivity index is 1.50. The molecular weight excluding hydrogens is 725 g/mol. The molecule has 2 fully saturated rings. The van der Waals surface area contributed by atoms with Crippen LogP contribution in [0.1, 0.15) is 51.3 Å². The summed E-state index contributed by atoms with van der Waals surface area (Å²) in [5.41, 5.74) is 1.78. The minimum atomic E-state index is -1.67. The van der Waals surface area contributed by atoms with E-state index < -0.39 is 90.7 Å². The highest BCUT2D eigenvalue weighted by atomic mass is 19.1. The maximum Gasteiger partial charge on any atom is 0.415 e. The van der Waals surface area contributed by atoms with Crippen molar-refractivity contribution >= 4 is 41.6 Å². The van der Waals surface area contributed by atoms with Gasteiger partial charge >= 0.3 is 35.9 Å². The lowest BCUT2D eigenvalue weighted by Gasteiger charge is -2.43. The molecule has 292 valence electrons. The SMILES string of the molecule is COC(=O)C1OC(Oc2ccc(C3C(C(CCc4ccccc4)OC(C)=O)OC(=O)N3c3ccc(F)cc3)cc2)C(OC(C)=O)C(OC(C)=O)C1OC(C)=O. The first-order valence-corrected chi connectivity index (χ1v) is 17.2. The Morgan fingerprint density at radius 2 is 1.36 bits per heavy atom. The van der Waals surface area contributed by atoms with Crippen molar-refractivity contribution in [3.05, 3.63) is 95.8 Å². The van der Waals surface area contributed by atoms with Crippen LogP contribution in [0.15, 0.2) is 78.9 Å². The second kappa shape index (κ2) is 17.9. The molecule has 2 heterocycles. The van der Waals surface area contributed by atoms with Gasteiger partial charge in [-0.15, -0.1) is 0 Å². The van der Waals surface area contributed by atoms with Crippen LogP contribution in [0.3, 0.4) is 0 Å². The number of methoxy groups -OCH3 is 1. The number of halogens is 1. The number of carbonyl (C=O) groups excluding carboxylic acids is 6. The zero-order chi connectivity index (χ0) is 39.8. The molecule has 0 aromatic heterocycles. The number of hydrogen-bond donors (Lipinski definition) is 0. The molecule has 1 amide bonds. The van der Waals surface area contributed by atoms with E-state index in [0.29, 0.717) is 24.1 Å². The summed E-state index contributed by atoms with van der Waals surface area (Å²) in [5.74, 6) is -4.54. The van der Waals surface area contributed by atoms with Gasteiger partial charge < -0.3 is 37.9 Å². The Hall–Kier alpha value is -6.03. The third kappa shape index (κ3) is 9.94. The van der Waals surface area contributed by atoms with Gasteiger partial charge in [0, 0.05) is 33.4 Å². The van der Waals surface area contributed by atoms with E-state index in [2.05, 4.69) is 0 Å². The monoisotopic (exact) mass is 765 g/mol. The van der Waals surface area contributed by atoms with Crippen molar-refractivity contribution in [3.8, 4) is 5.75 Å². The molecule has 8 atom stereocenters. The Labute approximate surface area is 315 Å². The molecule has 0 spiro atoms. The van der Waals surface area contributed by atoms with E-state index in [1.807, 2.05) is 30.3 Å². The number of hydrogen-bond acceptors (Lipinski definition) is 14. The second-order valence-corrected chi connectivity index (χ2v) is 12.7. The van der Waals surface area contributed by atoms with Gasteiger partial charge in [0.2, 0.25) is 12.4 Å². The fourth-order valence-electron chi connectivity index (χ4n) is 6.49. The summed E-state index contributed by atoms with van der Waals surface area (Å²) < 4.78 is 58.5. The van der Waals surface area contributed by atoms with Crippen molar-refractivity contribution in [2.75, 3.05) is 12.0 Å². The van der Waals surface area contributed by atoms with Crippen molar-refractivity contribution in [2.24, 2.45) is 0 Å². The van der Waals surface area contributed by atoms with Gasteiger partial charge in [0.1, 0.15) is 23.7 Å². The van der Waals surface area contributed by atoms with Gasteiger partial charge in [-0.1, -0.05) is 42.5 Å². The van der Waals surface area contributed by atoms with Gasteiger partial charge in [0.15, 0.2) is 24.4 Å². The molecule has 0 N–H and O–H groups in total. The minimum Gasteiger partial charge on any atom is -0.467 e. The Kier molecular flexibility index (Phi) is 13.0. The first-order chi connectivity index (χ1) is 26.2. The molecule has 16 heteroatoms. The zero-order valence-corrected chi connectivity index (χ0v) is 30.6. The number of aryl methyl sites for hydroxylation is 1. The van der Waals surface area contributed by atoms with Crippen LogP contribution in [-0.4, -0.2) is 86.0 Å². The predicted molar refractivity (Wildman–Crippen MR) is 187 cm³/mol. The zero-order valence-electron chi connectivity index (χ0n) is 30.6. The lowest BCUT2D eigenvalue weighted by atomic mass is 9.93. The van der Waals surface area contributed by atoms with E-state index in [1.54, 1.807) is 12.1 Å². The summed E-state index contributed by atoms with van der Waals surface area (Å²) in [6.45, 7) is 4.47. The van der Waals surface area contributed by atoms with Crippen molar-refractivity contribution in [3.63, 3.8) is 0 Å². The van der Waals surface area contributed by atoms with Crippen LogP contribution in [0.4, 0.5) is 14.9 Å². The van der Waals surface area contributed by atoms with E-state index in [9.17, 15) is 33.2 Å². The summed E-state index contributed by atoms with van der Waals surface area (Å²) >= 11 is 0. The van der Waals surface area contributed by atoms with Crippen molar-refractivity contribution in [1.29, 1.82) is 0 Å². The lowest BCUT2D eigenvalue weighted by Crippen LogP contribution is -2.64. The van der Waals surface area contributed by atoms with E-state index in [1.165, 1.54) is 48.2 Å². The smallest absolute Gasteiger partial charge is 0.415 e. The van der Waals surface area contributed by atoms with Crippen LogP contribution in [0.25, 0.3) is 0 Å². The summed E-state index contributed by atoms with van der Waals surface area (Å²) in [4.78, 5) is 76.5. The molecule has 3 aromatic rings. The Morgan fingerprint density at radius 1 is 0.764 bits per heavy atom. The third-order valence-electron chi connectivity index (χ3n) is 8.68. The quantitative estimate of drug-likeness (QED) is 0.175. The fraction of sp³-hybridized carbons (Fsp3) is 0.385. The minimum absolute atomic E-state index is 0.0952. The van der Waals surface area contributed by atoms with Crippen molar-refractivity contribution in [1.82, 2.24) is 0 Å². The molecule has 0 aliphatic carbocycles. The van der Waals surface area contributed by atoms with Crippen LogP contribution in [0.2, 0.25) is 0 Å². The third-order valence-corrected chi connectivity index (χ3v) is 8.68. The first kappa shape index (κ1) is 40.2. The standard InChI is InChI=1S/C39H40FNO14/c1-21(42)49-30(20-11-25-9-7-6-8-10-25)32-31(41(39(47)55-32)28-16-14-27(40)15-17-28)26-12-18-29(19-13-26)53-38-36(52-24(4)45)34(51-23(3)44)33(50-22(2)43)35(54-38)37(46)48-5/h6-10,12-19,30-36,38H,11,20H2,1-5H3. The first-order valence-electron chi connectivity index (χ1n) is 17.2. The van der Waals surface area contributed by atoms with Crippen LogP contribution < -0.4 is 9.64 Å². The molecule has 8 unspecified atom stereocenters. The summed E-state index contributed by atoms with van der Waals surface area (Å²) in [6, 6.07) is 20.0. The van der Waals surface area contributed by atoms with Crippen molar-refractivity contribution < 1.29 is 71.1 Å². The number of benzene rings is 3. The molecule has 2 aliphatic rings. The number of rotatable bonds is 13. The van der Waals surface area contributed by atoms with Gasteiger partial charge in [-0.25, -0.2) is 14.0 Å². The summed E-state index contributed by atoms with van der Waals surface area (Å²) in [6.07, 6.45) is -9.85. The molecule has 2 saturated heterocycles. The van der Waals surface area contributed by atoms with E-state index in [4.69, 9.17) is 37.9 Å². The number of carbonyl (C=O) groups is 6. The molecule has 15 nitrogen and oxygen atoms in total. The molecule has 0 saturated carbocycles. The number of anilines is 1. The molecule has 2 aliphatic heterocycles. The molecule has 3 aromatic carbocycles. The van der Waals surface area contributed by atoms with Gasteiger partial charge in [-0.2, -0.15) is 0 Å². The number of nitrogens with zero attached hydrogens (tertiary/aromatic N) is 1. The van der Waals surface area contributed by atoms with Gasteiger partial charge in [0.05, 0.1) is 7.11 Å². The van der Waals surface area contributed by atoms with E-state index in [0.717, 1.165) is 33.4 Å². The van der Waals surface area contributed by atoms with E-state index >= 15 is 0 Å². The molecule has 5 rings (SSSR count). The van der Waals surface area contributed by atoms with Crippen LogP contribution in [0, 0.1) is 5.82 Å². The topological polar surface area (TPSA) is 179 Å². The Morgan fingerprint density at radius 3 is 1.95 bits per heavy atom. The van der Waals surface area contributed by atoms with Crippen LogP contribution in [0.5, 0.6) is 5.75 Å². The van der Waals surface area contributed by atoms with Crippen LogP contribution >= 0.6 is 0 Å². The van der Waals surface area contributed by atoms with E-state index in [-0.39, 0.29) is 5.75 Å². The summed E-state index contributed by atoms with van der Waals surface area (Å²) in [5, 5.41) is 0. The molecule has 0 radical (unpaired) electrons. The fourth-order valence-corrected chi connectivity index (χ4v) is 6.49. The average Bonchev–Trinajstić information content (AvgIpc) is 3.48. The largest absolute Gasteiger partial charge is 0.467 e. The predicted octanol–water partition coefficient (Wildman–Crippen LogP) is 4.53. The number of ether oxygens (including phenoxy) is 8. The van der Waals surface area contributed by atoms with Crippen molar-refractivity contribution in [2.45, 2.75) is 89.5 Å². The molecule has 55 heavy (non-hydrogen) atoms. The number of cyclic esters (lactones) is 1. The number of amides is 1. The number of esters is 5. The summed E-state index contributed by atoms with van der Waals surface area (Å²) in [7, 11) is 1.07. The highest BCUT2D eigenvalue weighted by Crippen LogP contribution is 2.41.